The van der Waals surface area contributed by atoms with E-state index in [0.717, 1.165) is 48.6 Å². The fraction of sp³-hybridized carbons (Fsp3) is 0.450. The standard InChI is InChI=1S/C20H23N3O2S/c1-14(24)23-9-7-20(8-10-23)12-17(20)22-18(25)11-16-13-26-19(21-16)15-5-3-2-4-6-15/h2-6,13,17H,7-12H2,1H3,(H,22,25). The number of amides is 2. The molecule has 2 amide bonds. The fourth-order valence-electron chi connectivity index (χ4n) is 3.88. The Balaban J connectivity index is 1.29. The summed E-state index contributed by atoms with van der Waals surface area (Å²) in [6.45, 7) is 3.25. The summed E-state index contributed by atoms with van der Waals surface area (Å²) in [6.07, 6.45) is 3.35. The smallest absolute Gasteiger partial charge is 0.226 e. The van der Waals surface area contributed by atoms with Crippen molar-refractivity contribution >= 4 is 23.2 Å². The quantitative estimate of drug-likeness (QED) is 0.901. The molecule has 1 atom stereocenters. The Labute approximate surface area is 157 Å². The molecule has 1 aromatic heterocycles. The number of piperidine rings is 1. The van der Waals surface area contributed by atoms with Crippen LogP contribution >= 0.6 is 11.3 Å². The Kier molecular flexibility index (Phi) is 4.53. The molecule has 2 aliphatic rings. The Hall–Kier alpha value is -2.21. The molecular weight excluding hydrogens is 346 g/mol. The summed E-state index contributed by atoms with van der Waals surface area (Å²) in [6, 6.07) is 10.3. The molecule has 1 aromatic carbocycles. The van der Waals surface area contributed by atoms with Crippen LogP contribution in [0.25, 0.3) is 10.6 Å². The molecule has 2 heterocycles. The minimum absolute atomic E-state index is 0.0470. The van der Waals surface area contributed by atoms with Crippen molar-refractivity contribution in [3.63, 3.8) is 0 Å². The summed E-state index contributed by atoms with van der Waals surface area (Å²) in [5.41, 5.74) is 2.13. The number of benzene rings is 1. The molecule has 1 aliphatic heterocycles. The van der Waals surface area contributed by atoms with Gasteiger partial charge in [-0.15, -0.1) is 11.3 Å². The van der Waals surface area contributed by atoms with Crippen molar-refractivity contribution in [1.82, 2.24) is 15.2 Å². The Morgan fingerprint density at radius 3 is 2.69 bits per heavy atom. The third-order valence-electron chi connectivity index (χ3n) is 5.64. The molecule has 2 fully saturated rings. The molecule has 1 N–H and O–H groups in total. The number of thiazole rings is 1. The highest BCUT2D eigenvalue weighted by molar-refractivity contribution is 7.13. The topological polar surface area (TPSA) is 62.3 Å². The van der Waals surface area contributed by atoms with Crippen LogP contribution in [0, 0.1) is 5.41 Å². The van der Waals surface area contributed by atoms with E-state index in [1.165, 1.54) is 0 Å². The molecular formula is C20H23N3O2S. The van der Waals surface area contributed by atoms with E-state index in [9.17, 15) is 9.59 Å². The van der Waals surface area contributed by atoms with Crippen molar-refractivity contribution in [2.75, 3.05) is 13.1 Å². The molecule has 2 aromatic rings. The van der Waals surface area contributed by atoms with Gasteiger partial charge >= 0.3 is 0 Å². The van der Waals surface area contributed by atoms with Gasteiger partial charge in [0.25, 0.3) is 0 Å². The highest BCUT2D eigenvalue weighted by Crippen LogP contribution is 2.53. The maximum absolute atomic E-state index is 12.4. The van der Waals surface area contributed by atoms with Crippen LogP contribution in [0.15, 0.2) is 35.7 Å². The molecule has 1 unspecified atom stereocenters. The average molecular weight is 369 g/mol. The second kappa shape index (κ2) is 6.83. The summed E-state index contributed by atoms with van der Waals surface area (Å²) >= 11 is 1.58. The van der Waals surface area contributed by atoms with Crippen molar-refractivity contribution in [3.8, 4) is 10.6 Å². The number of likely N-dealkylation sites (tertiary alicyclic amines) is 1. The SMILES string of the molecule is CC(=O)N1CCC2(CC1)CC2NC(=O)Cc1csc(-c2ccccc2)n1. The molecule has 26 heavy (non-hydrogen) atoms. The lowest BCUT2D eigenvalue weighted by Crippen LogP contribution is -2.41. The van der Waals surface area contributed by atoms with Crippen molar-refractivity contribution in [2.45, 2.75) is 38.6 Å². The minimum Gasteiger partial charge on any atom is -0.352 e. The summed E-state index contributed by atoms with van der Waals surface area (Å²) in [7, 11) is 0. The lowest BCUT2D eigenvalue weighted by molar-refractivity contribution is -0.130. The van der Waals surface area contributed by atoms with E-state index in [-0.39, 0.29) is 23.3 Å². The van der Waals surface area contributed by atoms with Crippen molar-refractivity contribution in [3.05, 3.63) is 41.4 Å². The number of hydrogen-bond acceptors (Lipinski definition) is 4. The molecule has 136 valence electrons. The summed E-state index contributed by atoms with van der Waals surface area (Å²) in [4.78, 5) is 30.3. The zero-order chi connectivity index (χ0) is 18.1. The molecule has 4 rings (SSSR count). The van der Waals surface area contributed by atoms with Gasteiger partial charge in [0, 0.05) is 37.0 Å². The van der Waals surface area contributed by atoms with Crippen LogP contribution in [0.1, 0.15) is 31.9 Å². The monoisotopic (exact) mass is 369 g/mol. The van der Waals surface area contributed by atoms with Crippen LogP contribution in [-0.2, 0) is 16.0 Å². The normalized spacial score (nSPS) is 20.8. The predicted molar refractivity (Wildman–Crippen MR) is 102 cm³/mol. The highest BCUT2D eigenvalue weighted by atomic mass is 32.1. The van der Waals surface area contributed by atoms with Gasteiger partial charge < -0.3 is 10.2 Å². The first kappa shape index (κ1) is 17.2. The van der Waals surface area contributed by atoms with Gasteiger partial charge in [0.05, 0.1) is 12.1 Å². The third kappa shape index (κ3) is 3.51. The first-order valence-corrected chi connectivity index (χ1v) is 9.98. The van der Waals surface area contributed by atoms with Crippen LogP contribution in [0.2, 0.25) is 0 Å². The molecule has 6 heteroatoms. The Morgan fingerprint density at radius 2 is 2.00 bits per heavy atom. The van der Waals surface area contributed by atoms with Crippen LogP contribution in [0.3, 0.4) is 0 Å². The number of hydrogen-bond donors (Lipinski definition) is 1. The number of rotatable bonds is 4. The molecule has 1 spiro atoms. The zero-order valence-electron chi connectivity index (χ0n) is 14.9. The number of aromatic nitrogens is 1. The van der Waals surface area contributed by atoms with Crippen molar-refractivity contribution in [2.24, 2.45) is 5.41 Å². The second-order valence-electron chi connectivity index (χ2n) is 7.38. The molecule has 0 bridgehead atoms. The van der Waals surface area contributed by atoms with E-state index < -0.39 is 0 Å². The van der Waals surface area contributed by atoms with Gasteiger partial charge in [-0.1, -0.05) is 30.3 Å². The maximum Gasteiger partial charge on any atom is 0.226 e. The van der Waals surface area contributed by atoms with Gasteiger partial charge in [-0.25, -0.2) is 4.98 Å². The largest absolute Gasteiger partial charge is 0.352 e. The van der Waals surface area contributed by atoms with Crippen LogP contribution < -0.4 is 5.32 Å². The van der Waals surface area contributed by atoms with Crippen LogP contribution in [-0.4, -0.2) is 40.8 Å². The number of carbonyl (C=O) groups excluding carboxylic acids is 2. The molecule has 0 radical (unpaired) electrons. The van der Waals surface area contributed by atoms with Gasteiger partial charge in [-0.3, -0.25) is 9.59 Å². The minimum atomic E-state index is 0.0470. The van der Waals surface area contributed by atoms with Gasteiger partial charge in [-0.2, -0.15) is 0 Å². The van der Waals surface area contributed by atoms with E-state index in [4.69, 9.17) is 0 Å². The summed E-state index contributed by atoms with van der Waals surface area (Å²) < 4.78 is 0. The second-order valence-corrected chi connectivity index (χ2v) is 8.24. The van der Waals surface area contributed by atoms with Crippen molar-refractivity contribution in [1.29, 1.82) is 0 Å². The fourth-order valence-corrected chi connectivity index (χ4v) is 4.71. The Bertz CT molecular complexity index is 809. The summed E-state index contributed by atoms with van der Waals surface area (Å²) in [5, 5.41) is 6.10. The van der Waals surface area contributed by atoms with Gasteiger partial charge in [-0.05, 0) is 24.7 Å². The molecule has 1 saturated carbocycles. The maximum atomic E-state index is 12.4. The third-order valence-corrected chi connectivity index (χ3v) is 6.58. The van der Waals surface area contributed by atoms with Crippen LogP contribution in [0.5, 0.6) is 0 Å². The van der Waals surface area contributed by atoms with Gasteiger partial charge in [0.1, 0.15) is 5.01 Å². The number of nitrogens with one attached hydrogen (secondary N) is 1. The number of carbonyl (C=O) groups is 2. The van der Waals surface area contributed by atoms with E-state index in [1.54, 1.807) is 18.3 Å². The van der Waals surface area contributed by atoms with E-state index >= 15 is 0 Å². The average Bonchev–Trinajstić information content (AvgIpc) is 3.07. The molecule has 5 nitrogen and oxygen atoms in total. The lowest BCUT2D eigenvalue weighted by Gasteiger charge is -2.32. The van der Waals surface area contributed by atoms with Crippen molar-refractivity contribution < 1.29 is 9.59 Å². The van der Waals surface area contributed by atoms with E-state index in [2.05, 4.69) is 10.3 Å². The van der Waals surface area contributed by atoms with Crippen LogP contribution in [0.4, 0.5) is 0 Å². The molecule has 1 aliphatic carbocycles. The predicted octanol–water partition coefficient (Wildman–Crippen LogP) is 2.87. The van der Waals surface area contributed by atoms with Gasteiger partial charge in [0.15, 0.2) is 0 Å². The lowest BCUT2D eigenvalue weighted by atomic mass is 9.92. The molecule has 1 saturated heterocycles. The first-order valence-electron chi connectivity index (χ1n) is 9.10. The first-order chi connectivity index (χ1) is 12.6. The zero-order valence-corrected chi connectivity index (χ0v) is 15.7. The highest BCUT2D eigenvalue weighted by Gasteiger charge is 2.55. The van der Waals surface area contributed by atoms with E-state index in [1.807, 2.05) is 40.6 Å². The van der Waals surface area contributed by atoms with E-state index in [0.29, 0.717) is 6.42 Å². The van der Waals surface area contributed by atoms with Gasteiger partial charge in [0.2, 0.25) is 11.8 Å². The summed E-state index contributed by atoms with van der Waals surface area (Å²) in [5.74, 6) is 0.199. The number of nitrogens with zero attached hydrogens (tertiary/aromatic N) is 2. The Morgan fingerprint density at radius 1 is 1.27 bits per heavy atom.